The molecule has 25 heavy (non-hydrogen) atoms. The van der Waals surface area contributed by atoms with E-state index in [1.807, 2.05) is 24.3 Å². The van der Waals surface area contributed by atoms with Gasteiger partial charge in [0.05, 0.1) is 19.3 Å². The molecule has 1 aromatic carbocycles. The summed E-state index contributed by atoms with van der Waals surface area (Å²) in [6.07, 6.45) is 0. The Kier molecular flexibility index (Phi) is 10.7. The van der Waals surface area contributed by atoms with Gasteiger partial charge in [0.15, 0.2) is 5.96 Å². The molecule has 0 bridgehead atoms. The zero-order valence-electron chi connectivity index (χ0n) is 15.3. The van der Waals surface area contributed by atoms with Gasteiger partial charge in [-0.3, -0.25) is 9.89 Å². The van der Waals surface area contributed by atoms with Crippen LogP contribution in [0.4, 0.5) is 0 Å². The summed E-state index contributed by atoms with van der Waals surface area (Å²) in [4.78, 5) is 6.78. The topological polar surface area (TPSA) is 48.9 Å². The minimum atomic E-state index is 0. The largest absolute Gasteiger partial charge is 0.379 e. The molecule has 142 valence electrons. The molecule has 5 nitrogen and oxygen atoms in total. The fourth-order valence-electron chi connectivity index (χ4n) is 2.86. The highest BCUT2D eigenvalue weighted by Gasteiger charge is 2.15. The second-order valence-electron chi connectivity index (χ2n) is 6.36. The van der Waals surface area contributed by atoms with Gasteiger partial charge < -0.3 is 15.4 Å². The fourth-order valence-corrected chi connectivity index (χ4v) is 3.16. The van der Waals surface area contributed by atoms with E-state index in [0.717, 1.165) is 55.9 Å². The molecule has 1 fully saturated rings. The monoisotopic (exact) mass is 480 g/mol. The van der Waals surface area contributed by atoms with Crippen LogP contribution in [0.15, 0.2) is 29.3 Å². The van der Waals surface area contributed by atoms with Crippen LogP contribution >= 0.6 is 35.6 Å². The van der Waals surface area contributed by atoms with Crippen molar-refractivity contribution in [3.8, 4) is 0 Å². The normalized spacial score (nSPS) is 18.2. The van der Waals surface area contributed by atoms with Crippen LogP contribution in [-0.4, -0.2) is 57.3 Å². The summed E-state index contributed by atoms with van der Waals surface area (Å²) in [6, 6.07) is 7.99. The maximum absolute atomic E-state index is 6.27. The van der Waals surface area contributed by atoms with Gasteiger partial charge in [-0.2, -0.15) is 0 Å². The van der Waals surface area contributed by atoms with Crippen molar-refractivity contribution in [3.05, 3.63) is 34.9 Å². The molecule has 7 heteroatoms. The summed E-state index contributed by atoms with van der Waals surface area (Å²) in [7, 11) is 1.79. The molecule has 0 radical (unpaired) electrons. The van der Waals surface area contributed by atoms with Crippen molar-refractivity contribution >= 4 is 41.5 Å². The average Bonchev–Trinajstić information content (AvgIpc) is 2.59. The highest BCUT2D eigenvalue weighted by molar-refractivity contribution is 14.0. The molecule has 1 aromatic rings. The van der Waals surface area contributed by atoms with Gasteiger partial charge in [-0.15, -0.1) is 24.0 Å². The number of nitrogens with one attached hydrogen (secondary N) is 2. The second-order valence-corrected chi connectivity index (χ2v) is 6.77. The van der Waals surface area contributed by atoms with E-state index in [1.165, 1.54) is 0 Å². The molecule has 1 aliphatic rings. The molecule has 1 saturated heterocycles. The van der Waals surface area contributed by atoms with Crippen molar-refractivity contribution in [2.45, 2.75) is 19.9 Å². The van der Waals surface area contributed by atoms with E-state index in [2.05, 4.69) is 34.4 Å². The van der Waals surface area contributed by atoms with Gasteiger partial charge in [-0.1, -0.05) is 36.7 Å². The molecule has 2 atom stereocenters. The molecule has 0 amide bonds. The third kappa shape index (κ3) is 7.68. The number of guanidine groups is 1. The Morgan fingerprint density at radius 2 is 1.96 bits per heavy atom. The highest BCUT2D eigenvalue weighted by atomic mass is 127. The maximum atomic E-state index is 6.27. The van der Waals surface area contributed by atoms with Crippen molar-refractivity contribution in [2.75, 3.05) is 46.4 Å². The molecular weight excluding hydrogens is 451 g/mol. The third-order valence-corrected chi connectivity index (χ3v) is 4.58. The number of aliphatic imine (C=N–C) groups is 1. The first-order chi connectivity index (χ1) is 11.6. The van der Waals surface area contributed by atoms with Gasteiger partial charge in [0.25, 0.3) is 0 Å². The first-order valence-electron chi connectivity index (χ1n) is 8.62. The Bertz CT molecular complexity index is 538. The highest BCUT2D eigenvalue weighted by Crippen LogP contribution is 2.21. The molecule has 0 aromatic heterocycles. The predicted molar refractivity (Wildman–Crippen MR) is 116 cm³/mol. The number of ether oxygens (including phenoxy) is 1. The molecule has 1 aliphatic heterocycles. The minimum Gasteiger partial charge on any atom is -0.379 e. The fraction of sp³-hybridized carbons (Fsp3) is 0.611. The Labute approximate surface area is 173 Å². The summed E-state index contributed by atoms with van der Waals surface area (Å²) in [5.41, 5.74) is 1.07. The van der Waals surface area contributed by atoms with Gasteiger partial charge >= 0.3 is 0 Å². The summed E-state index contributed by atoms with van der Waals surface area (Å²) in [5, 5.41) is 7.59. The first-order valence-corrected chi connectivity index (χ1v) is 8.99. The Balaban J connectivity index is 0.00000312. The smallest absolute Gasteiger partial charge is 0.191 e. The number of morpholine rings is 1. The van der Waals surface area contributed by atoms with Crippen LogP contribution in [0.2, 0.25) is 5.02 Å². The van der Waals surface area contributed by atoms with E-state index < -0.39 is 0 Å². The molecule has 2 N–H and O–H groups in total. The standard InChI is InChI=1S/C18H29ClN4O.HI/c1-14(13-23-8-10-24-11-9-23)12-21-18(20-3)22-15(2)16-6-4-5-7-17(16)19;/h4-7,14-15H,8-13H2,1-3H3,(H2,20,21,22);1H. The van der Waals surface area contributed by atoms with E-state index in [9.17, 15) is 0 Å². The maximum Gasteiger partial charge on any atom is 0.191 e. The summed E-state index contributed by atoms with van der Waals surface area (Å²) in [5.74, 6) is 1.34. The van der Waals surface area contributed by atoms with Crippen molar-refractivity contribution in [1.29, 1.82) is 0 Å². The Morgan fingerprint density at radius 1 is 1.28 bits per heavy atom. The van der Waals surface area contributed by atoms with E-state index in [0.29, 0.717) is 5.92 Å². The Hall–Kier alpha value is -0.570. The van der Waals surface area contributed by atoms with Gasteiger partial charge in [-0.25, -0.2) is 0 Å². The van der Waals surface area contributed by atoms with Crippen molar-refractivity contribution in [1.82, 2.24) is 15.5 Å². The summed E-state index contributed by atoms with van der Waals surface area (Å²) >= 11 is 6.27. The molecule has 1 heterocycles. The van der Waals surface area contributed by atoms with E-state index >= 15 is 0 Å². The van der Waals surface area contributed by atoms with E-state index in [1.54, 1.807) is 7.05 Å². The van der Waals surface area contributed by atoms with Crippen LogP contribution in [0.5, 0.6) is 0 Å². The van der Waals surface area contributed by atoms with Crippen molar-refractivity contribution in [2.24, 2.45) is 10.9 Å². The lowest BCUT2D eigenvalue weighted by Crippen LogP contribution is -2.44. The lowest BCUT2D eigenvalue weighted by atomic mass is 10.1. The lowest BCUT2D eigenvalue weighted by Gasteiger charge is -2.29. The number of hydrogen-bond acceptors (Lipinski definition) is 3. The van der Waals surface area contributed by atoms with Crippen molar-refractivity contribution in [3.63, 3.8) is 0 Å². The predicted octanol–water partition coefficient (Wildman–Crippen LogP) is 3.15. The number of hydrogen-bond donors (Lipinski definition) is 2. The first kappa shape index (κ1) is 22.5. The number of nitrogens with zero attached hydrogens (tertiary/aromatic N) is 2. The van der Waals surface area contributed by atoms with E-state index in [4.69, 9.17) is 16.3 Å². The van der Waals surface area contributed by atoms with Crippen molar-refractivity contribution < 1.29 is 4.74 Å². The SMILES string of the molecule is CN=C(NCC(C)CN1CCOCC1)NC(C)c1ccccc1Cl.I. The molecule has 2 rings (SSSR count). The summed E-state index contributed by atoms with van der Waals surface area (Å²) in [6.45, 7) is 10.1. The van der Waals surface area contributed by atoms with Crippen LogP contribution in [0.1, 0.15) is 25.5 Å². The second kappa shape index (κ2) is 11.9. The molecular formula is C18H30ClIN4O. The molecule has 0 spiro atoms. The van der Waals surface area contributed by atoms with Gasteiger partial charge in [0.1, 0.15) is 0 Å². The average molecular weight is 481 g/mol. The van der Waals surface area contributed by atoms with Crippen LogP contribution < -0.4 is 10.6 Å². The Morgan fingerprint density at radius 3 is 2.60 bits per heavy atom. The van der Waals surface area contributed by atoms with Gasteiger partial charge in [0.2, 0.25) is 0 Å². The number of benzene rings is 1. The van der Waals surface area contributed by atoms with E-state index in [-0.39, 0.29) is 30.0 Å². The summed E-state index contributed by atoms with van der Waals surface area (Å²) < 4.78 is 5.40. The molecule has 0 saturated carbocycles. The quantitative estimate of drug-likeness (QED) is 0.373. The van der Waals surface area contributed by atoms with Crippen LogP contribution in [-0.2, 0) is 4.74 Å². The van der Waals surface area contributed by atoms with Crippen LogP contribution in [0.25, 0.3) is 0 Å². The molecule has 2 unspecified atom stereocenters. The van der Waals surface area contributed by atoms with Crippen LogP contribution in [0.3, 0.4) is 0 Å². The molecule has 0 aliphatic carbocycles. The number of rotatable bonds is 6. The minimum absolute atomic E-state index is 0. The lowest BCUT2D eigenvalue weighted by molar-refractivity contribution is 0.0320. The zero-order chi connectivity index (χ0) is 17.4. The third-order valence-electron chi connectivity index (χ3n) is 4.24. The number of halogens is 2. The van der Waals surface area contributed by atoms with Gasteiger partial charge in [-0.05, 0) is 24.5 Å². The van der Waals surface area contributed by atoms with Gasteiger partial charge in [0, 0.05) is 38.2 Å². The zero-order valence-corrected chi connectivity index (χ0v) is 18.4. The van der Waals surface area contributed by atoms with Crippen LogP contribution in [0, 0.1) is 5.92 Å².